The number of amides is 2. The van der Waals surface area contributed by atoms with E-state index in [0.29, 0.717) is 6.54 Å². The maximum atomic E-state index is 12.3. The van der Waals surface area contributed by atoms with Crippen molar-refractivity contribution in [2.75, 3.05) is 19.8 Å². The summed E-state index contributed by atoms with van der Waals surface area (Å²) in [4.78, 5) is 14.8. The lowest BCUT2D eigenvalue weighted by Gasteiger charge is -2.26. The van der Waals surface area contributed by atoms with Crippen molar-refractivity contribution >= 4 is 16.8 Å². The van der Waals surface area contributed by atoms with Crippen LogP contribution in [-0.2, 0) is 10.8 Å². The third-order valence-electron chi connectivity index (χ3n) is 4.70. The molecule has 0 aliphatic heterocycles. The van der Waals surface area contributed by atoms with Crippen molar-refractivity contribution in [2.24, 2.45) is 0 Å². The molecule has 0 heterocycles. The molecule has 2 amide bonds. The van der Waals surface area contributed by atoms with Crippen molar-refractivity contribution in [3.63, 3.8) is 0 Å². The molecule has 132 valence electrons. The average molecular weight is 349 g/mol. The Hall–Kier alpha value is -1.62. The topological polar surface area (TPSA) is 49.4 Å². The van der Waals surface area contributed by atoms with Crippen molar-refractivity contribution < 1.29 is 9.00 Å². The zero-order valence-corrected chi connectivity index (χ0v) is 15.7. The number of nitrogens with one attached hydrogen (secondary N) is 1. The second-order valence-corrected chi connectivity index (χ2v) is 7.78. The van der Waals surface area contributed by atoms with Gasteiger partial charge in [-0.05, 0) is 56.7 Å². The van der Waals surface area contributed by atoms with E-state index in [1.165, 1.54) is 31.3 Å². The number of hydrogen-bond donors (Lipinski definition) is 1. The molecule has 1 aliphatic rings. The summed E-state index contributed by atoms with van der Waals surface area (Å²) in [6, 6.07) is 7.53. The molecule has 0 spiro atoms. The minimum absolute atomic E-state index is 0.0294. The standard InChI is InChI=1S/C19H28N2O2S/c1-15(17-9-11-18(12-10-17)24(3)23)21(2)19(22)20-14-13-16-7-5-4-6-8-16/h7,9-12,15H,4-6,8,13-14H2,1-3H3,(H,20,22)/t15-,24-/m0/s1. The Morgan fingerprint density at radius 1 is 1.29 bits per heavy atom. The first kappa shape index (κ1) is 18.7. The summed E-state index contributed by atoms with van der Waals surface area (Å²) in [5.74, 6) is 0. The molecule has 5 heteroatoms. The first-order valence-electron chi connectivity index (χ1n) is 8.61. The Kier molecular flexibility index (Phi) is 7.03. The molecule has 1 N–H and O–H groups in total. The molecule has 1 aromatic carbocycles. The number of urea groups is 1. The van der Waals surface area contributed by atoms with E-state index in [1.54, 1.807) is 11.2 Å². The summed E-state index contributed by atoms with van der Waals surface area (Å²) in [5, 5.41) is 3.01. The highest BCUT2D eigenvalue weighted by Crippen LogP contribution is 2.21. The number of nitrogens with zero attached hydrogens (tertiary/aromatic N) is 1. The van der Waals surface area contributed by atoms with E-state index < -0.39 is 10.8 Å². The highest BCUT2D eigenvalue weighted by atomic mass is 32.2. The largest absolute Gasteiger partial charge is 0.338 e. The first-order valence-corrected chi connectivity index (χ1v) is 10.2. The molecule has 1 aromatic rings. The van der Waals surface area contributed by atoms with Gasteiger partial charge in [0.1, 0.15) is 0 Å². The van der Waals surface area contributed by atoms with Crippen LogP contribution in [0.25, 0.3) is 0 Å². The number of benzene rings is 1. The number of allylic oxidation sites excluding steroid dienone is 1. The SMILES string of the molecule is C[C@@H](c1ccc([S@](C)=O)cc1)N(C)C(=O)NCCC1=CCCCC1. The van der Waals surface area contributed by atoms with E-state index in [9.17, 15) is 9.00 Å². The monoisotopic (exact) mass is 348 g/mol. The van der Waals surface area contributed by atoms with E-state index in [0.717, 1.165) is 16.9 Å². The molecule has 1 aliphatic carbocycles. The molecule has 24 heavy (non-hydrogen) atoms. The summed E-state index contributed by atoms with van der Waals surface area (Å²) in [7, 11) is 0.836. The lowest BCUT2D eigenvalue weighted by atomic mass is 9.97. The maximum absolute atomic E-state index is 12.3. The number of hydrogen-bond acceptors (Lipinski definition) is 2. The highest BCUT2D eigenvalue weighted by molar-refractivity contribution is 7.84. The van der Waals surface area contributed by atoms with Crippen LogP contribution >= 0.6 is 0 Å². The molecule has 0 unspecified atom stereocenters. The van der Waals surface area contributed by atoms with Crippen LogP contribution in [-0.4, -0.2) is 35.0 Å². The van der Waals surface area contributed by atoms with E-state index >= 15 is 0 Å². The van der Waals surface area contributed by atoms with E-state index in [1.807, 2.05) is 38.2 Å². The second kappa shape index (κ2) is 9.02. The Labute approximate surface area is 147 Å². The lowest BCUT2D eigenvalue weighted by molar-refractivity contribution is 0.194. The van der Waals surface area contributed by atoms with E-state index in [4.69, 9.17) is 0 Å². The lowest BCUT2D eigenvalue weighted by Crippen LogP contribution is -2.39. The Balaban J connectivity index is 1.84. The fourth-order valence-electron chi connectivity index (χ4n) is 2.92. The second-order valence-electron chi connectivity index (χ2n) is 6.40. The molecule has 2 atom stereocenters. The summed E-state index contributed by atoms with van der Waals surface area (Å²) >= 11 is 0. The molecule has 0 bridgehead atoms. The molecular weight excluding hydrogens is 320 g/mol. The molecule has 0 radical (unpaired) electrons. The summed E-state index contributed by atoms with van der Waals surface area (Å²) in [6.45, 7) is 2.69. The molecule has 0 fully saturated rings. The molecule has 0 saturated carbocycles. The Bertz CT molecular complexity index is 610. The molecular formula is C19H28N2O2S. The minimum atomic E-state index is -0.975. The van der Waals surface area contributed by atoms with Crippen LogP contribution in [0.1, 0.15) is 50.6 Å². The third-order valence-corrected chi connectivity index (χ3v) is 5.64. The van der Waals surface area contributed by atoms with Gasteiger partial charge >= 0.3 is 6.03 Å². The summed E-state index contributed by atoms with van der Waals surface area (Å²) in [5.41, 5.74) is 2.51. The van der Waals surface area contributed by atoms with Gasteiger partial charge in [0, 0.05) is 35.5 Å². The zero-order valence-electron chi connectivity index (χ0n) is 14.9. The van der Waals surface area contributed by atoms with Gasteiger partial charge in [-0.15, -0.1) is 0 Å². The molecule has 0 aromatic heterocycles. The Morgan fingerprint density at radius 3 is 2.58 bits per heavy atom. The normalized spacial score (nSPS) is 16.9. The first-order chi connectivity index (χ1) is 11.5. The van der Waals surface area contributed by atoms with Gasteiger partial charge in [-0.2, -0.15) is 0 Å². The van der Waals surface area contributed by atoms with Gasteiger partial charge in [-0.1, -0.05) is 23.8 Å². The van der Waals surface area contributed by atoms with Crippen molar-refractivity contribution in [1.82, 2.24) is 10.2 Å². The van der Waals surface area contributed by atoms with Crippen LogP contribution in [0.3, 0.4) is 0 Å². The minimum Gasteiger partial charge on any atom is -0.338 e. The van der Waals surface area contributed by atoms with Gasteiger partial charge in [-0.25, -0.2) is 4.79 Å². The number of carbonyl (C=O) groups is 1. The van der Waals surface area contributed by atoms with E-state index in [2.05, 4.69) is 11.4 Å². The fraction of sp³-hybridized carbons (Fsp3) is 0.526. The Morgan fingerprint density at radius 2 is 2.00 bits per heavy atom. The van der Waals surface area contributed by atoms with Crippen molar-refractivity contribution in [1.29, 1.82) is 0 Å². The molecule has 2 rings (SSSR count). The van der Waals surface area contributed by atoms with Crippen LogP contribution in [0.15, 0.2) is 40.8 Å². The van der Waals surface area contributed by atoms with Gasteiger partial charge in [0.2, 0.25) is 0 Å². The molecule has 0 saturated heterocycles. The van der Waals surface area contributed by atoms with Crippen LogP contribution < -0.4 is 5.32 Å². The van der Waals surface area contributed by atoms with Crippen molar-refractivity contribution in [3.8, 4) is 0 Å². The number of rotatable bonds is 6. The molecule has 4 nitrogen and oxygen atoms in total. The van der Waals surface area contributed by atoms with Crippen LogP contribution in [0, 0.1) is 0 Å². The van der Waals surface area contributed by atoms with Crippen LogP contribution in [0.4, 0.5) is 4.79 Å². The third kappa shape index (κ3) is 5.20. The quantitative estimate of drug-likeness (QED) is 0.790. The maximum Gasteiger partial charge on any atom is 0.317 e. The predicted octanol–water partition coefficient (Wildman–Crippen LogP) is 4.02. The van der Waals surface area contributed by atoms with Crippen molar-refractivity contribution in [2.45, 2.75) is 50.0 Å². The average Bonchev–Trinajstić information content (AvgIpc) is 2.61. The van der Waals surface area contributed by atoms with Crippen LogP contribution in [0.5, 0.6) is 0 Å². The summed E-state index contributed by atoms with van der Waals surface area (Å²) in [6.07, 6.45) is 9.85. The van der Waals surface area contributed by atoms with Gasteiger partial charge in [0.05, 0.1) is 6.04 Å². The smallest absolute Gasteiger partial charge is 0.317 e. The summed E-state index contributed by atoms with van der Waals surface area (Å²) < 4.78 is 11.4. The van der Waals surface area contributed by atoms with E-state index in [-0.39, 0.29) is 12.1 Å². The highest BCUT2D eigenvalue weighted by Gasteiger charge is 2.17. The van der Waals surface area contributed by atoms with Gasteiger partial charge < -0.3 is 10.2 Å². The van der Waals surface area contributed by atoms with Gasteiger partial charge in [-0.3, -0.25) is 4.21 Å². The predicted molar refractivity (Wildman–Crippen MR) is 99.5 cm³/mol. The number of carbonyl (C=O) groups excluding carboxylic acids is 1. The van der Waals surface area contributed by atoms with Crippen LogP contribution in [0.2, 0.25) is 0 Å². The van der Waals surface area contributed by atoms with Gasteiger partial charge in [0.25, 0.3) is 0 Å². The van der Waals surface area contributed by atoms with Crippen molar-refractivity contribution in [3.05, 3.63) is 41.5 Å². The zero-order chi connectivity index (χ0) is 17.5. The van der Waals surface area contributed by atoms with Gasteiger partial charge in [0.15, 0.2) is 0 Å². The fourth-order valence-corrected chi connectivity index (χ4v) is 3.44.